The quantitative estimate of drug-likeness (QED) is 0.410. The zero-order valence-corrected chi connectivity index (χ0v) is 8.04. The van der Waals surface area contributed by atoms with Gasteiger partial charge in [0.15, 0.2) is 0 Å². The fourth-order valence-electron chi connectivity index (χ4n) is 0.668. The maximum Gasteiger partial charge on any atom is 0.271 e. The minimum absolute atomic E-state index is 0.492. The van der Waals surface area contributed by atoms with Crippen molar-refractivity contribution in [1.82, 2.24) is 0 Å². The minimum atomic E-state index is -0.560. The molecule has 0 saturated carbocycles. The SMILES string of the molecule is CCOCCOC(OC)OCC. The standard InChI is InChI=1S/C8H18O4/c1-4-10-6-7-12-8(9-3)11-5-2/h8H,4-7H2,1-3H3. The molecule has 0 aromatic heterocycles. The maximum absolute atomic E-state index is 5.16. The molecule has 12 heavy (non-hydrogen) atoms. The molecule has 0 rings (SSSR count). The molecule has 0 N–H and O–H groups in total. The highest BCUT2D eigenvalue weighted by molar-refractivity contribution is 4.28. The summed E-state index contributed by atoms with van der Waals surface area (Å²) < 4.78 is 20.2. The Morgan fingerprint density at radius 3 is 2.25 bits per heavy atom. The fraction of sp³-hybridized carbons (Fsp3) is 1.00. The van der Waals surface area contributed by atoms with Gasteiger partial charge in [0.25, 0.3) is 6.48 Å². The van der Waals surface area contributed by atoms with Gasteiger partial charge in [-0.2, -0.15) is 0 Å². The molecule has 1 unspecified atom stereocenters. The molecule has 0 heterocycles. The highest BCUT2D eigenvalue weighted by Gasteiger charge is 2.04. The Balaban J connectivity index is 3.19. The molecule has 0 aliphatic carbocycles. The molecule has 1 atom stereocenters. The molecule has 0 fully saturated rings. The van der Waals surface area contributed by atoms with Crippen molar-refractivity contribution in [3.05, 3.63) is 0 Å². The molecule has 4 nitrogen and oxygen atoms in total. The Labute approximate surface area is 73.7 Å². The van der Waals surface area contributed by atoms with Gasteiger partial charge in [0.2, 0.25) is 0 Å². The van der Waals surface area contributed by atoms with Crippen LogP contribution in [0, 0.1) is 0 Å². The molecule has 0 radical (unpaired) electrons. The van der Waals surface area contributed by atoms with Crippen molar-refractivity contribution >= 4 is 0 Å². The Hall–Kier alpha value is -0.160. The molecule has 0 aromatic rings. The molecule has 0 aliphatic rings. The van der Waals surface area contributed by atoms with Gasteiger partial charge in [-0.1, -0.05) is 0 Å². The van der Waals surface area contributed by atoms with E-state index in [2.05, 4.69) is 0 Å². The summed E-state index contributed by atoms with van der Waals surface area (Å²) in [4.78, 5) is 0. The third-order valence-electron chi connectivity index (χ3n) is 1.18. The molecule has 0 bridgehead atoms. The van der Waals surface area contributed by atoms with Gasteiger partial charge in [-0.3, -0.25) is 0 Å². The number of hydrogen-bond acceptors (Lipinski definition) is 4. The lowest BCUT2D eigenvalue weighted by atomic mass is 10.7. The zero-order valence-electron chi connectivity index (χ0n) is 8.04. The second-order valence-electron chi connectivity index (χ2n) is 2.05. The predicted molar refractivity (Wildman–Crippen MR) is 44.9 cm³/mol. The van der Waals surface area contributed by atoms with Crippen molar-refractivity contribution in [3.8, 4) is 0 Å². The van der Waals surface area contributed by atoms with Gasteiger partial charge in [0.1, 0.15) is 0 Å². The number of hydrogen-bond donors (Lipinski definition) is 0. The molecule has 0 aromatic carbocycles. The van der Waals surface area contributed by atoms with Crippen molar-refractivity contribution < 1.29 is 18.9 Å². The van der Waals surface area contributed by atoms with Crippen molar-refractivity contribution in [3.63, 3.8) is 0 Å². The number of methoxy groups -OCH3 is 1. The second kappa shape index (κ2) is 8.93. The maximum atomic E-state index is 5.16. The van der Waals surface area contributed by atoms with Crippen LogP contribution in [0.15, 0.2) is 0 Å². The van der Waals surface area contributed by atoms with Gasteiger partial charge in [-0.15, -0.1) is 0 Å². The highest BCUT2D eigenvalue weighted by atomic mass is 16.8. The Bertz CT molecular complexity index is 87.1. The first kappa shape index (κ1) is 11.8. The molecule has 0 saturated heterocycles. The lowest BCUT2D eigenvalue weighted by molar-refractivity contribution is -0.277. The molecule has 0 aliphatic heterocycles. The van der Waals surface area contributed by atoms with E-state index >= 15 is 0 Å². The zero-order chi connectivity index (χ0) is 9.23. The number of ether oxygens (including phenoxy) is 4. The van der Waals surface area contributed by atoms with Crippen LogP contribution in [-0.2, 0) is 18.9 Å². The average molecular weight is 178 g/mol. The summed E-state index contributed by atoms with van der Waals surface area (Å²) in [5.74, 6) is 0. The first-order chi connectivity index (χ1) is 5.85. The van der Waals surface area contributed by atoms with Crippen LogP contribution in [0.3, 0.4) is 0 Å². The molecule has 74 valence electrons. The van der Waals surface area contributed by atoms with E-state index in [0.717, 1.165) is 0 Å². The molecule has 0 spiro atoms. The normalized spacial score (nSPS) is 13.2. The Morgan fingerprint density at radius 2 is 1.75 bits per heavy atom. The van der Waals surface area contributed by atoms with Gasteiger partial charge in [0.05, 0.1) is 13.2 Å². The van der Waals surface area contributed by atoms with Crippen LogP contribution < -0.4 is 0 Å². The van der Waals surface area contributed by atoms with Gasteiger partial charge in [-0.05, 0) is 13.8 Å². The smallest absolute Gasteiger partial charge is 0.271 e. The van der Waals surface area contributed by atoms with E-state index < -0.39 is 6.48 Å². The van der Waals surface area contributed by atoms with E-state index in [4.69, 9.17) is 18.9 Å². The van der Waals surface area contributed by atoms with Crippen LogP contribution >= 0.6 is 0 Å². The van der Waals surface area contributed by atoms with Crippen molar-refractivity contribution in [2.45, 2.75) is 20.3 Å². The lowest BCUT2D eigenvalue weighted by Gasteiger charge is -2.15. The summed E-state index contributed by atoms with van der Waals surface area (Å²) in [5.41, 5.74) is 0. The van der Waals surface area contributed by atoms with Gasteiger partial charge in [-0.25, -0.2) is 0 Å². The largest absolute Gasteiger partial charge is 0.379 e. The summed E-state index contributed by atoms with van der Waals surface area (Å²) in [6.45, 7) is 5.61. The summed E-state index contributed by atoms with van der Waals surface area (Å²) in [7, 11) is 1.54. The summed E-state index contributed by atoms with van der Waals surface area (Å²) >= 11 is 0. The first-order valence-corrected chi connectivity index (χ1v) is 4.18. The average Bonchev–Trinajstić information content (AvgIpc) is 2.10. The van der Waals surface area contributed by atoms with Crippen molar-refractivity contribution in [2.24, 2.45) is 0 Å². The summed E-state index contributed by atoms with van der Waals surface area (Å²) in [5, 5.41) is 0. The topological polar surface area (TPSA) is 36.9 Å². The van der Waals surface area contributed by atoms with Gasteiger partial charge < -0.3 is 18.9 Å². The predicted octanol–water partition coefficient (Wildman–Crippen LogP) is 1.01. The van der Waals surface area contributed by atoms with E-state index in [1.807, 2.05) is 13.8 Å². The summed E-state index contributed by atoms with van der Waals surface area (Å²) in [6.07, 6.45) is 0. The third-order valence-corrected chi connectivity index (χ3v) is 1.18. The monoisotopic (exact) mass is 178 g/mol. The van der Waals surface area contributed by atoms with E-state index in [0.29, 0.717) is 26.4 Å². The van der Waals surface area contributed by atoms with E-state index in [1.54, 1.807) is 7.11 Å². The molecular weight excluding hydrogens is 160 g/mol. The lowest BCUT2D eigenvalue weighted by Crippen LogP contribution is -2.21. The second-order valence-corrected chi connectivity index (χ2v) is 2.05. The van der Waals surface area contributed by atoms with E-state index in [9.17, 15) is 0 Å². The molecular formula is C8H18O4. The Kier molecular flexibility index (Phi) is 8.81. The highest BCUT2D eigenvalue weighted by Crippen LogP contribution is 1.94. The van der Waals surface area contributed by atoms with Crippen LogP contribution in [0.4, 0.5) is 0 Å². The van der Waals surface area contributed by atoms with Crippen molar-refractivity contribution in [2.75, 3.05) is 33.5 Å². The van der Waals surface area contributed by atoms with Crippen LogP contribution in [0.25, 0.3) is 0 Å². The van der Waals surface area contributed by atoms with Crippen LogP contribution in [0.2, 0.25) is 0 Å². The first-order valence-electron chi connectivity index (χ1n) is 4.18. The minimum Gasteiger partial charge on any atom is -0.379 e. The van der Waals surface area contributed by atoms with E-state index in [1.165, 1.54) is 0 Å². The van der Waals surface area contributed by atoms with Crippen LogP contribution in [0.1, 0.15) is 13.8 Å². The summed E-state index contributed by atoms with van der Waals surface area (Å²) in [6, 6.07) is 0. The Morgan fingerprint density at radius 1 is 1.00 bits per heavy atom. The van der Waals surface area contributed by atoms with Gasteiger partial charge in [0, 0.05) is 20.3 Å². The van der Waals surface area contributed by atoms with Crippen LogP contribution in [0.5, 0.6) is 0 Å². The molecule has 4 heteroatoms. The fourth-order valence-corrected chi connectivity index (χ4v) is 0.668. The van der Waals surface area contributed by atoms with Crippen molar-refractivity contribution in [1.29, 1.82) is 0 Å². The van der Waals surface area contributed by atoms with E-state index in [-0.39, 0.29) is 0 Å². The van der Waals surface area contributed by atoms with Gasteiger partial charge >= 0.3 is 0 Å². The molecule has 0 amide bonds. The third kappa shape index (κ3) is 6.54. The number of rotatable bonds is 8. The van der Waals surface area contributed by atoms with Crippen LogP contribution in [-0.4, -0.2) is 40.0 Å².